The molecule has 0 amide bonds. The van der Waals surface area contributed by atoms with E-state index >= 15 is 0 Å². The SMILES string of the molecule is Cc1cc(-c2ccc(-n3ccn(C)c3=O)c(Cl)c2)c(O)c(-c2cc(C)c3cnn(C)c3c2)c1. The van der Waals surface area contributed by atoms with Crippen molar-refractivity contribution >= 4 is 22.5 Å². The first-order valence-corrected chi connectivity index (χ1v) is 10.9. The Morgan fingerprint density at radius 3 is 2.33 bits per heavy atom. The lowest BCUT2D eigenvalue weighted by atomic mass is 9.93. The molecule has 0 aliphatic rings. The van der Waals surface area contributed by atoms with E-state index < -0.39 is 0 Å². The summed E-state index contributed by atoms with van der Waals surface area (Å²) in [6.45, 7) is 4.05. The van der Waals surface area contributed by atoms with E-state index in [1.807, 2.05) is 56.0 Å². The van der Waals surface area contributed by atoms with Crippen molar-refractivity contribution in [3.05, 3.63) is 87.7 Å². The third-order valence-electron chi connectivity index (χ3n) is 6.10. The van der Waals surface area contributed by atoms with Crippen LogP contribution < -0.4 is 5.69 Å². The summed E-state index contributed by atoms with van der Waals surface area (Å²) in [5.41, 5.74) is 6.66. The number of rotatable bonds is 3. The van der Waals surface area contributed by atoms with E-state index in [0.717, 1.165) is 38.7 Å². The van der Waals surface area contributed by atoms with E-state index in [0.29, 0.717) is 16.3 Å². The summed E-state index contributed by atoms with van der Waals surface area (Å²) in [5, 5.41) is 17.2. The molecule has 6 nitrogen and oxygen atoms in total. The number of aryl methyl sites for hydroxylation is 4. The molecule has 0 aliphatic heterocycles. The van der Waals surface area contributed by atoms with Crippen LogP contribution in [0.2, 0.25) is 5.02 Å². The molecule has 0 unspecified atom stereocenters. The van der Waals surface area contributed by atoms with Crippen LogP contribution in [0.15, 0.2) is 65.8 Å². The number of phenolic OH excluding ortho intramolecular Hbond substituents is 1. The van der Waals surface area contributed by atoms with Gasteiger partial charge >= 0.3 is 5.69 Å². The minimum atomic E-state index is -0.175. The molecule has 0 bridgehead atoms. The van der Waals surface area contributed by atoms with Crippen molar-refractivity contribution in [3.63, 3.8) is 0 Å². The fourth-order valence-electron chi connectivity index (χ4n) is 4.31. The standard InChI is InChI=1S/C26H23ClN4O2/c1-15-9-19(17-5-6-23(22(27)12-17)31-8-7-29(3)26(31)33)25(32)20(10-15)18-11-16(2)21-14-28-30(4)24(21)13-18/h5-14,32H,1-4H3. The van der Waals surface area contributed by atoms with Gasteiger partial charge in [-0.25, -0.2) is 4.79 Å². The fourth-order valence-corrected chi connectivity index (χ4v) is 4.59. The van der Waals surface area contributed by atoms with E-state index in [2.05, 4.69) is 11.2 Å². The number of hydrogen-bond acceptors (Lipinski definition) is 3. The van der Waals surface area contributed by atoms with Gasteiger partial charge in [-0.15, -0.1) is 0 Å². The molecule has 166 valence electrons. The lowest BCUT2D eigenvalue weighted by Crippen LogP contribution is -2.20. The molecule has 7 heteroatoms. The summed E-state index contributed by atoms with van der Waals surface area (Å²) in [4.78, 5) is 12.3. The van der Waals surface area contributed by atoms with Crippen molar-refractivity contribution in [2.75, 3.05) is 0 Å². The maximum Gasteiger partial charge on any atom is 0.332 e. The summed E-state index contributed by atoms with van der Waals surface area (Å²) in [6.07, 6.45) is 5.23. The van der Waals surface area contributed by atoms with Crippen LogP contribution in [-0.4, -0.2) is 24.0 Å². The Kier molecular flexibility index (Phi) is 4.91. The first-order chi connectivity index (χ1) is 15.7. The molecule has 1 N–H and O–H groups in total. The number of imidazole rings is 1. The highest BCUT2D eigenvalue weighted by Gasteiger charge is 2.16. The highest BCUT2D eigenvalue weighted by Crippen LogP contribution is 2.41. The Hall–Kier alpha value is -3.77. The second-order valence-corrected chi connectivity index (χ2v) is 8.84. The van der Waals surface area contributed by atoms with Crippen LogP contribution in [0.3, 0.4) is 0 Å². The Bertz CT molecular complexity index is 1610. The van der Waals surface area contributed by atoms with E-state index in [1.54, 1.807) is 31.6 Å². The number of nitrogens with zero attached hydrogens (tertiary/aromatic N) is 4. The van der Waals surface area contributed by atoms with Gasteiger partial charge in [0.2, 0.25) is 0 Å². The molecule has 3 aromatic carbocycles. The minimum absolute atomic E-state index is 0.175. The number of fused-ring (bicyclic) bond motifs is 1. The Morgan fingerprint density at radius 1 is 0.939 bits per heavy atom. The van der Waals surface area contributed by atoms with Gasteiger partial charge in [-0.05, 0) is 66.4 Å². The van der Waals surface area contributed by atoms with Gasteiger partial charge in [0.25, 0.3) is 0 Å². The number of aromatic nitrogens is 4. The zero-order chi connectivity index (χ0) is 23.4. The van der Waals surface area contributed by atoms with Crippen LogP contribution in [0.25, 0.3) is 38.8 Å². The van der Waals surface area contributed by atoms with Gasteiger partial charge in [0.05, 0.1) is 22.4 Å². The molecular weight excluding hydrogens is 436 g/mol. The van der Waals surface area contributed by atoms with Crippen LogP contribution in [0.1, 0.15) is 11.1 Å². The number of phenols is 1. The van der Waals surface area contributed by atoms with Crippen LogP contribution in [0.5, 0.6) is 5.75 Å². The fraction of sp³-hybridized carbons (Fsp3) is 0.154. The van der Waals surface area contributed by atoms with Crippen molar-refractivity contribution in [1.29, 1.82) is 0 Å². The van der Waals surface area contributed by atoms with Crippen LogP contribution in [0, 0.1) is 13.8 Å². The average molecular weight is 459 g/mol. The minimum Gasteiger partial charge on any atom is -0.507 e. The molecule has 0 spiro atoms. The number of halogens is 1. The van der Waals surface area contributed by atoms with Crippen molar-refractivity contribution in [2.24, 2.45) is 14.1 Å². The molecule has 0 saturated carbocycles. The monoisotopic (exact) mass is 458 g/mol. The molecular formula is C26H23ClN4O2. The smallest absolute Gasteiger partial charge is 0.332 e. The molecule has 5 rings (SSSR count). The lowest BCUT2D eigenvalue weighted by molar-refractivity contribution is 0.479. The van der Waals surface area contributed by atoms with Gasteiger partial charge in [0.1, 0.15) is 5.75 Å². The summed E-state index contributed by atoms with van der Waals surface area (Å²) >= 11 is 6.57. The third kappa shape index (κ3) is 3.43. The van der Waals surface area contributed by atoms with E-state index in [4.69, 9.17) is 11.6 Å². The Balaban J connectivity index is 1.65. The van der Waals surface area contributed by atoms with Gasteiger partial charge in [0, 0.05) is 43.0 Å². The maximum absolute atomic E-state index is 12.3. The molecule has 0 aliphatic carbocycles. The van der Waals surface area contributed by atoms with E-state index in [9.17, 15) is 9.90 Å². The van der Waals surface area contributed by atoms with Crippen LogP contribution in [-0.2, 0) is 14.1 Å². The van der Waals surface area contributed by atoms with Gasteiger partial charge < -0.3 is 9.67 Å². The summed E-state index contributed by atoms with van der Waals surface area (Å²) in [7, 11) is 3.60. The number of benzene rings is 3. The van der Waals surface area contributed by atoms with Crippen molar-refractivity contribution < 1.29 is 5.11 Å². The summed E-state index contributed by atoms with van der Waals surface area (Å²) in [6, 6.07) is 13.5. The molecule has 0 radical (unpaired) electrons. The summed E-state index contributed by atoms with van der Waals surface area (Å²) in [5.74, 6) is 0.183. The molecule has 2 aromatic heterocycles. The Morgan fingerprint density at radius 2 is 1.67 bits per heavy atom. The quantitative estimate of drug-likeness (QED) is 0.395. The topological polar surface area (TPSA) is 65.0 Å². The molecule has 33 heavy (non-hydrogen) atoms. The van der Waals surface area contributed by atoms with Gasteiger partial charge in [-0.3, -0.25) is 9.25 Å². The van der Waals surface area contributed by atoms with Crippen molar-refractivity contribution in [2.45, 2.75) is 13.8 Å². The van der Waals surface area contributed by atoms with Crippen molar-refractivity contribution in [3.8, 4) is 33.7 Å². The van der Waals surface area contributed by atoms with E-state index in [-0.39, 0.29) is 11.4 Å². The molecule has 0 fully saturated rings. The molecule has 2 heterocycles. The highest BCUT2D eigenvalue weighted by molar-refractivity contribution is 6.32. The third-order valence-corrected chi connectivity index (χ3v) is 6.41. The average Bonchev–Trinajstić information content (AvgIpc) is 3.32. The zero-order valence-electron chi connectivity index (χ0n) is 18.8. The zero-order valence-corrected chi connectivity index (χ0v) is 19.6. The normalized spacial score (nSPS) is 11.4. The lowest BCUT2D eigenvalue weighted by Gasteiger charge is -2.14. The molecule has 0 atom stereocenters. The first kappa shape index (κ1) is 21.1. The second-order valence-electron chi connectivity index (χ2n) is 8.43. The molecule has 0 saturated heterocycles. The highest BCUT2D eigenvalue weighted by atomic mass is 35.5. The molecule has 5 aromatic rings. The second kappa shape index (κ2) is 7.67. The van der Waals surface area contributed by atoms with Gasteiger partial charge in [-0.2, -0.15) is 5.10 Å². The van der Waals surface area contributed by atoms with Crippen LogP contribution in [0.4, 0.5) is 0 Å². The van der Waals surface area contributed by atoms with Gasteiger partial charge in [0.15, 0.2) is 0 Å². The van der Waals surface area contributed by atoms with Gasteiger partial charge in [-0.1, -0.05) is 23.7 Å². The predicted molar refractivity (Wildman–Crippen MR) is 132 cm³/mol. The number of aromatic hydroxyl groups is 1. The van der Waals surface area contributed by atoms with Crippen LogP contribution >= 0.6 is 11.6 Å². The maximum atomic E-state index is 12.3. The largest absolute Gasteiger partial charge is 0.507 e. The predicted octanol–water partition coefficient (Wildman–Crippen LogP) is 5.37. The summed E-state index contributed by atoms with van der Waals surface area (Å²) < 4.78 is 4.83. The van der Waals surface area contributed by atoms with Crippen molar-refractivity contribution in [1.82, 2.24) is 18.9 Å². The number of hydrogen-bond donors (Lipinski definition) is 1. The Labute approximate surface area is 195 Å². The first-order valence-electron chi connectivity index (χ1n) is 10.5. The van der Waals surface area contributed by atoms with E-state index in [1.165, 1.54) is 9.13 Å².